The lowest BCUT2D eigenvalue weighted by molar-refractivity contribution is -0.887. The first-order chi connectivity index (χ1) is 24.6. The molecular formula is C43H78NO7+. The van der Waals surface area contributed by atoms with Crippen LogP contribution in [0.3, 0.4) is 0 Å². The zero-order valence-corrected chi connectivity index (χ0v) is 33.6. The molecule has 0 saturated carbocycles. The molecule has 0 amide bonds. The predicted octanol–water partition coefficient (Wildman–Crippen LogP) is 10.7. The van der Waals surface area contributed by atoms with E-state index < -0.39 is 18.1 Å². The van der Waals surface area contributed by atoms with Crippen LogP contribution >= 0.6 is 0 Å². The van der Waals surface area contributed by atoms with Crippen LogP contribution in [0, 0.1) is 0 Å². The van der Waals surface area contributed by atoms with Crippen molar-refractivity contribution in [3.8, 4) is 0 Å². The summed E-state index contributed by atoms with van der Waals surface area (Å²) >= 11 is 0. The first-order valence-electron chi connectivity index (χ1n) is 20.5. The number of unbranched alkanes of at least 4 members (excludes halogenated alkanes) is 16. The Kier molecular flexibility index (Phi) is 33.0. The maximum Gasteiger partial charge on any atom is 0.362 e. The Balaban J connectivity index is 4.49. The normalized spacial score (nSPS) is 13.4. The second-order valence-corrected chi connectivity index (χ2v) is 14.9. The monoisotopic (exact) mass is 721 g/mol. The number of likely N-dealkylation sites (N-methyl/N-ethyl adjacent to an activating group) is 1. The van der Waals surface area contributed by atoms with Crippen molar-refractivity contribution in [3.05, 3.63) is 36.5 Å². The third-order valence-corrected chi connectivity index (χ3v) is 9.03. The second kappa shape index (κ2) is 34.6. The number of quaternary nitrogens is 1. The number of esters is 2. The van der Waals surface area contributed by atoms with Crippen molar-refractivity contribution in [2.75, 3.05) is 41.0 Å². The van der Waals surface area contributed by atoms with Crippen LogP contribution in [0.15, 0.2) is 36.5 Å². The van der Waals surface area contributed by atoms with Crippen LogP contribution < -0.4 is 0 Å². The summed E-state index contributed by atoms with van der Waals surface area (Å²) in [6, 6.07) is -0.622. The van der Waals surface area contributed by atoms with E-state index in [2.05, 4.69) is 44.2 Å². The number of rotatable bonds is 36. The van der Waals surface area contributed by atoms with Gasteiger partial charge in [-0.05, 0) is 57.8 Å². The van der Waals surface area contributed by atoms with Gasteiger partial charge in [0.05, 0.1) is 34.4 Å². The van der Waals surface area contributed by atoms with Gasteiger partial charge in [-0.15, -0.1) is 0 Å². The molecule has 8 heteroatoms. The fourth-order valence-corrected chi connectivity index (χ4v) is 5.78. The number of carboxylic acids is 1. The lowest BCUT2D eigenvalue weighted by atomic mass is 10.1. The van der Waals surface area contributed by atoms with E-state index in [0.717, 1.165) is 44.9 Å². The van der Waals surface area contributed by atoms with Crippen molar-refractivity contribution < 1.29 is 38.2 Å². The maximum absolute atomic E-state index is 12.7. The third kappa shape index (κ3) is 33.2. The molecule has 296 valence electrons. The van der Waals surface area contributed by atoms with Crippen molar-refractivity contribution >= 4 is 17.9 Å². The van der Waals surface area contributed by atoms with E-state index >= 15 is 0 Å². The number of carboxylic acid groups (broad SMARTS) is 1. The standard InChI is InChI=1S/C43H77NO7/c1-6-8-10-12-14-16-18-20-22-24-26-28-30-32-34-42(46)51-39(37-49-36-35-40(43(47)48)44(3,4)5)38-50-41(45)33-31-29-27-25-23-21-19-17-15-13-11-9-7-2/h21-24,27,29,39-40H,6-20,25-26,28,30-38H2,1-5H3/p+1/b23-21+,24-22+,29-27+. The van der Waals surface area contributed by atoms with Gasteiger partial charge in [-0.2, -0.15) is 0 Å². The van der Waals surface area contributed by atoms with Crippen LogP contribution in [0.5, 0.6) is 0 Å². The van der Waals surface area contributed by atoms with Crippen LogP contribution in [-0.4, -0.2) is 80.6 Å². The Morgan fingerprint density at radius 1 is 0.588 bits per heavy atom. The Morgan fingerprint density at radius 3 is 1.61 bits per heavy atom. The summed E-state index contributed by atoms with van der Waals surface area (Å²) in [5, 5.41) is 9.59. The summed E-state index contributed by atoms with van der Waals surface area (Å²) < 4.78 is 17.1. The molecule has 2 unspecified atom stereocenters. The SMILES string of the molecule is CCCCCCCC/C=C/C/C=C/CCC(=O)OCC(COCCC(C(=O)O)[N+](C)(C)C)OC(=O)CCCCC/C=C/CCCCCCCCC. The van der Waals surface area contributed by atoms with Gasteiger partial charge in [-0.3, -0.25) is 9.59 Å². The molecule has 0 rings (SSSR count). The molecule has 0 aliphatic heterocycles. The molecule has 0 bridgehead atoms. The van der Waals surface area contributed by atoms with Gasteiger partial charge in [-0.1, -0.05) is 127 Å². The summed E-state index contributed by atoms with van der Waals surface area (Å²) in [5.41, 5.74) is 0. The number of ether oxygens (including phenoxy) is 3. The Labute approximate surface area is 313 Å². The molecule has 51 heavy (non-hydrogen) atoms. The van der Waals surface area contributed by atoms with E-state index in [4.69, 9.17) is 14.2 Å². The lowest BCUT2D eigenvalue weighted by Gasteiger charge is -2.31. The van der Waals surface area contributed by atoms with E-state index in [-0.39, 0.29) is 42.7 Å². The zero-order chi connectivity index (χ0) is 37.8. The van der Waals surface area contributed by atoms with Crippen LogP contribution in [0.2, 0.25) is 0 Å². The van der Waals surface area contributed by atoms with Gasteiger partial charge in [0.25, 0.3) is 0 Å². The molecule has 8 nitrogen and oxygen atoms in total. The highest BCUT2D eigenvalue weighted by Crippen LogP contribution is 2.12. The van der Waals surface area contributed by atoms with Crippen LogP contribution in [0.4, 0.5) is 0 Å². The van der Waals surface area contributed by atoms with Crippen molar-refractivity contribution in [2.24, 2.45) is 0 Å². The second-order valence-electron chi connectivity index (χ2n) is 14.9. The maximum atomic E-state index is 12.7. The predicted molar refractivity (Wildman–Crippen MR) is 211 cm³/mol. The van der Waals surface area contributed by atoms with Crippen molar-refractivity contribution in [1.29, 1.82) is 0 Å². The number of allylic oxidation sites excluding steroid dienone is 6. The van der Waals surface area contributed by atoms with E-state index in [1.165, 1.54) is 83.5 Å². The number of hydrogen-bond donors (Lipinski definition) is 1. The average Bonchev–Trinajstić information content (AvgIpc) is 3.08. The fraction of sp³-hybridized carbons (Fsp3) is 0.791. The third-order valence-electron chi connectivity index (χ3n) is 9.03. The molecule has 0 radical (unpaired) electrons. The number of carbonyl (C=O) groups is 3. The number of carbonyl (C=O) groups excluding carboxylic acids is 2. The van der Waals surface area contributed by atoms with Gasteiger partial charge in [0.2, 0.25) is 0 Å². The van der Waals surface area contributed by atoms with Gasteiger partial charge in [0, 0.05) is 19.3 Å². The van der Waals surface area contributed by atoms with E-state index in [1.54, 1.807) is 0 Å². The summed E-state index contributed by atoms with van der Waals surface area (Å²) in [5.74, 6) is -1.57. The number of aliphatic carboxylic acids is 1. The minimum absolute atomic E-state index is 0.0387. The van der Waals surface area contributed by atoms with Gasteiger partial charge >= 0.3 is 17.9 Å². The molecule has 0 saturated heterocycles. The molecule has 0 heterocycles. The molecule has 0 spiro atoms. The van der Waals surface area contributed by atoms with Crippen molar-refractivity contribution in [1.82, 2.24) is 0 Å². The molecule has 1 N–H and O–H groups in total. The fourth-order valence-electron chi connectivity index (χ4n) is 5.78. The summed E-state index contributed by atoms with van der Waals surface area (Å²) in [7, 11) is 5.50. The first-order valence-corrected chi connectivity index (χ1v) is 20.5. The van der Waals surface area contributed by atoms with E-state index in [9.17, 15) is 19.5 Å². The molecule has 0 aliphatic rings. The highest BCUT2D eigenvalue weighted by atomic mass is 16.6. The molecule has 0 aromatic rings. The van der Waals surface area contributed by atoms with Gasteiger partial charge in [0.1, 0.15) is 6.61 Å². The zero-order valence-electron chi connectivity index (χ0n) is 33.6. The Hall–Kier alpha value is -2.45. The number of nitrogens with zero attached hydrogens (tertiary/aromatic N) is 1. The minimum Gasteiger partial charge on any atom is -0.477 e. The average molecular weight is 721 g/mol. The summed E-state index contributed by atoms with van der Waals surface area (Å²) in [6.45, 7) is 4.63. The molecule has 0 fully saturated rings. The van der Waals surface area contributed by atoms with E-state index in [0.29, 0.717) is 19.3 Å². The largest absolute Gasteiger partial charge is 0.477 e. The summed E-state index contributed by atoms with van der Waals surface area (Å²) in [4.78, 5) is 36.8. The van der Waals surface area contributed by atoms with Gasteiger partial charge < -0.3 is 23.8 Å². The smallest absolute Gasteiger partial charge is 0.362 e. The highest BCUT2D eigenvalue weighted by molar-refractivity contribution is 5.72. The number of hydrogen-bond acceptors (Lipinski definition) is 6. The summed E-state index contributed by atoms with van der Waals surface area (Å²) in [6.07, 6.45) is 37.7. The quantitative estimate of drug-likeness (QED) is 0.0298. The van der Waals surface area contributed by atoms with Crippen LogP contribution in [0.1, 0.15) is 168 Å². The molecule has 2 atom stereocenters. The van der Waals surface area contributed by atoms with Crippen molar-refractivity contribution in [2.45, 2.75) is 180 Å². The molecular weight excluding hydrogens is 642 g/mol. The molecule has 0 aromatic heterocycles. The lowest BCUT2D eigenvalue weighted by Crippen LogP contribution is -2.50. The van der Waals surface area contributed by atoms with Crippen LogP contribution in [0.25, 0.3) is 0 Å². The highest BCUT2D eigenvalue weighted by Gasteiger charge is 2.31. The molecule has 0 aromatic carbocycles. The van der Waals surface area contributed by atoms with E-state index in [1.807, 2.05) is 27.2 Å². The Morgan fingerprint density at radius 2 is 1.08 bits per heavy atom. The Bertz CT molecular complexity index is 937. The van der Waals surface area contributed by atoms with Crippen molar-refractivity contribution in [3.63, 3.8) is 0 Å². The van der Waals surface area contributed by atoms with Gasteiger partial charge in [-0.25, -0.2) is 4.79 Å². The minimum atomic E-state index is -0.884. The topological polar surface area (TPSA) is 99.1 Å². The first kappa shape index (κ1) is 48.5. The molecule has 0 aliphatic carbocycles. The van der Waals surface area contributed by atoms with Crippen LogP contribution in [-0.2, 0) is 28.6 Å². The van der Waals surface area contributed by atoms with Gasteiger partial charge in [0.15, 0.2) is 12.1 Å².